The summed E-state index contributed by atoms with van der Waals surface area (Å²) in [5.41, 5.74) is -0.357. The second-order valence-corrected chi connectivity index (χ2v) is 31.7. The molecule has 21 saturated heterocycles. The lowest BCUT2D eigenvalue weighted by molar-refractivity contribution is -0.396. The van der Waals surface area contributed by atoms with Gasteiger partial charge in [-0.1, -0.05) is 5.21 Å². The van der Waals surface area contributed by atoms with Crippen LogP contribution in [-0.2, 0) is 89.7 Å². The molecule has 21 aliphatic rings. The Labute approximate surface area is 661 Å². The summed E-state index contributed by atoms with van der Waals surface area (Å²) >= 11 is 8.33. The van der Waals surface area contributed by atoms with Gasteiger partial charge in [-0.2, -0.15) is 0 Å². The van der Waals surface area contributed by atoms with E-state index in [1.165, 1.54) is 4.68 Å². The molecular formula is C62H87I4N3O38. The number of aliphatic hydroxyl groups is 19. The second-order valence-electron chi connectivity index (χ2n) is 27.1. The zero-order valence-corrected chi connectivity index (χ0v) is 65.0. The number of carboxylic acid groups (broad SMARTS) is 1. The predicted octanol–water partition coefficient (Wildman–Crippen LogP) is -8.18. The van der Waals surface area contributed by atoms with Gasteiger partial charge in [0.2, 0.25) is 0 Å². The van der Waals surface area contributed by atoms with Gasteiger partial charge in [0.1, 0.15) is 176 Å². The van der Waals surface area contributed by atoms with Crippen LogP contribution in [0, 0.1) is 14.3 Å². The quantitative estimate of drug-likeness (QED) is 0.0592. The van der Waals surface area contributed by atoms with E-state index in [0.29, 0.717) is 42.8 Å². The van der Waals surface area contributed by atoms with Gasteiger partial charge in [-0.15, -0.1) is 5.10 Å². The van der Waals surface area contributed by atoms with Crippen molar-refractivity contribution in [3.63, 3.8) is 0 Å². The van der Waals surface area contributed by atoms with Gasteiger partial charge in [-0.25, -0.2) is 4.68 Å². The van der Waals surface area contributed by atoms with Crippen molar-refractivity contribution in [1.29, 1.82) is 0 Å². The summed E-state index contributed by atoms with van der Waals surface area (Å²) in [6.45, 7) is -2.95. The van der Waals surface area contributed by atoms with Gasteiger partial charge in [0.25, 0.3) is 0 Å². The number of rotatable bonds is 16. The first-order valence-corrected chi connectivity index (χ1v) is 37.7. The van der Waals surface area contributed by atoms with Crippen LogP contribution in [0.2, 0.25) is 0 Å². The molecule has 0 spiro atoms. The molecule has 2 aromatic carbocycles. The zero-order chi connectivity index (χ0) is 76.8. The van der Waals surface area contributed by atoms with Crippen LogP contribution in [0.25, 0.3) is 0 Å². The number of hydrogen-bond donors (Lipinski definition) is 20. The molecule has 1 aromatic heterocycles. The highest BCUT2D eigenvalue weighted by Crippen LogP contribution is 2.43. The summed E-state index contributed by atoms with van der Waals surface area (Å²) < 4.78 is 100.0. The minimum atomic E-state index is -2.23. The van der Waals surface area contributed by atoms with Crippen molar-refractivity contribution < 1.29 is 188 Å². The number of halogens is 4. The second kappa shape index (κ2) is 37.4. The Kier molecular flexibility index (Phi) is 30.6. The number of carbonyl (C=O) groups is 1. The molecule has 0 amide bonds. The summed E-state index contributed by atoms with van der Waals surface area (Å²) in [7, 11) is 0. The van der Waals surface area contributed by atoms with E-state index in [-0.39, 0.29) is 24.9 Å². The van der Waals surface area contributed by atoms with Crippen LogP contribution in [-0.4, -0.2) is 377 Å². The third-order valence-corrected chi connectivity index (χ3v) is 22.5. The van der Waals surface area contributed by atoms with Crippen LogP contribution in [0.1, 0.15) is 37.9 Å². The highest BCUT2D eigenvalue weighted by molar-refractivity contribution is 14.1. The Hall–Kier alpha value is -1.79. The van der Waals surface area contributed by atoms with Crippen molar-refractivity contribution in [3.05, 3.63) is 56.0 Å². The van der Waals surface area contributed by atoms with E-state index < -0.39 is 266 Å². The summed E-state index contributed by atoms with van der Waals surface area (Å²) in [6.07, 6.45) is -65.8. The SMILES string of the molecule is CC(C)(CC1O[C@H]2O[C@@H]3C(CO)O[C@H](C[C@H]3O)O[C@@H]3C(CO)O[C@@H](O[C@@H]4C(CO)O[C@@H](O[C@H]5C(CO)O[C@H](O[C@@H]6C(CO)O[C@@H](O[C@@H]7C(CO)O[C@@H](O[C@H]1[C@H](O)C2O)C(O)[C@H]7O)C(O)[C@H]6O)C(O)[C@H]5O)C(O)[C@H]4O)C(O)[C@H]3O)n1cc(COc2c(I)cc(Oc3c(I)cc(CC(=O)O)cc3I)cc2I)nn1.O. The Bertz CT molecular complexity index is 3350. The molecule has 0 aliphatic carbocycles. The van der Waals surface area contributed by atoms with E-state index in [1.807, 2.05) is 0 Å². The number of carboxylic acids is 1. The van der Waals surface area contributed by atoms with Crippen LogP contribution < -0.4 is 9.47 Å². The van der Waals surface area contributed by atoms with E-state index in [4.69, 9.17) is 75.8 Å². The lowest BCUT2D eigenvalue weighted by Gasteiger charge is -2.50. The van der Waals surface area contributed by atoms with Gasteiger partial charge in [0.15, 0.2) is 49.8 Å². The number of aromatic nitrogens is 3. The van der Waals surface area contributed by atoms with Gasteiger partial charge in [0, 0.05) is 12.8 Å². The molecule has 41 nitrogen and oxygen atoms in total. The molecule has 22 heterocycles. The molecule has 0 saturated carbocycles. The first-order valence-electron chi connectivity index (χ1n) is 33.4. The van der Waals surface area contributed by atoms with E-state index >= 15 is 0 Å². The van der Waals surface area contributed by atoms with Crippen molar-refractivity contribution in [2.75, 3.05) is 39.6 Å². The molecule has 21 aliphatic heterocycles. The topological polar surface area (TPSA) is 632 Å². The fraction of sp³-hybridized carbons (Fsp3) is 0.758. The Morgan fingerprint density at radius 3 is 1.12 bits per heavy atom. The van der Waals surface area contributed by atoms with Crippen LogP contribution in [0.5, 0.6) is 17.2 Å². The molecule has 13 unspecified atom stereocenters. The summed E-state index contributed by atoms with van der Waals surface area (Å²) in [5.74, 6) is 0.493. The fourth-order valence-electron chi connectivity index (χ4n) is 13.7. The normalized spacial score (nSPS) is 42.4. The van der Waals surface area contributed by atoms with Gasteiger partial charge >= 0.3 is 5.97 Å². The largest absolute Gasteiger partial charge is 0.485 e. The van der Waals surface area contributed by atoms with Crippen LogP contribution in [0.3, 0.4) is 0 Å². The Morgan fingerprint density at radius 1 is 0.449 bits per heavy atom. The number of benzene rings is 2. The number of ether oxygens (including phenoxy) is 16. The maximum absolute atomic E-state index is 12.3. The number of aliphatic hydroxyl groups excluding tert-OH is 19. The fourth-order valence-corrected chi connectivity index (χ4v) is 17.8. The molecule has 107 heavy (non-hydrogen) atoms. The minimum Gasteiger partial charge on any atom is -0.485 e. The predicted molar refractivity (Wildman–Crippen MR) is 377 cm³/mol. The average molecular weight is 1990 g/mol. The van der Waals surface area contributed by atoms with Gasteiger partial charge in [-0.3, -0.25) is 4.79 Å². The molecule has 3 aromatic rings. The van der Waals surface area contributed by atoms with Gasteiger partial charge < -0.3 is 183 Å². The van der Waals surface area contributed by atoms with Crippen LogP contribution in [0.15, 0.2) is 30.5 Å². The van der Waals surface area contributed by atoms with E-state index in [0.717, 1.165) is 0 Å². The molecular weight excluding hydrogens is 1900 g/mol. The summed E-state index contributed by atoms with van der Waals surface area (Å²) in [6, 6.07) is 6.96. The molecule has 24 rings (SSSR count). The highest BCUT2D eigenvalue weighted by atomic mass is 127. The Morgan fingerprint density at radius 2 is 0.766 bits per heavy atom. The van der Waals surface area contributed by atoms with Gasteiger partial charge in [0.05, 0.1) is 84.3 Å². The lowest BCUT2D eigenvalue weighted by atomic mass is 9.88. The number of nitrogens with zero attached hydrogens (tertiary/aromatic N) is 3. The van der Waals surface area contributed by atoms with Crippen LogP contribution >= 0.6 is 90.4 Å². The first-order chi connectivity index (χ1) is 50.3. The smallest absolute Gasteiger partial charge is 0.307 e. The van der Waals surface area contributed by atoms with Crippen molar-refractivity contribution in [2.24, 2.45) is 0 Å². The molecule has 21 fully saturated rings. The monoisotopic (exact) mass is 1990 g/mol. The van der Waals surface area contributed by atoms with Crippen molar-refractivity contribution in [3.8, 4) is 17.2 Å². The third-order valence-electron chi connectivity index (χ3n) is 19.3. The maximum atomic E-state index is 12.3. The summed E-state index contributed by atoms with van der Waals surface area (Å²) in [5, 5.41) is 234. The lowest BCUT2D eigenvalue weighted by Crippen LogP contribution is -2.68. The van der Waals surface area contributed by atoms with Crippen molar-refractivity contribution >= 4 is 96.3 Å². The van der Waals surface area contributed by atoms with E-state index in [9.17, 15) is 107 Å². The molecule has 0 radical (unpaired) electrons. The minimum absolute atomic E-state index is 0. The molecule has 22 N–H and O–H groups in total. The number of hydrogen-bond acceptors (Lipinski definition) is 38. The van der Waals surface area contributed by atoms with Crippen molar-refractivity contribution in [2.45, 2.75) is 254 Å². The van der Waals surface area contributed by atoms with E-state index in [2.05, 4.69) is 101 Å². The standard InChI is InChI=1S/C62H85I4N3O37.H2O/c1-62(2,69-10-19(67-68-69)17-91-47-23(65)6-20(7-24(47)66)92-48-21(63)3-18(4-22(48)64)5-33(77)78)9-26-50-35(79)41(85)56(94-26)101-49-25(76)8-34(93-27(49)11-70)100-51-28(12-71)95-58(42(86)36(51)80)103-53-30(14-73)97-60(44(88)38(53)82)105-55-32(16-75)99-61(46(90)40(55)84)106-54-31(15-74)98-59(45(89)39(54)83)104-52-29(13-72)96-57(102-50)43(87)37(52)81;/h3-4,6-7,10,25-32,34-46,49-61,70-76,79-90H,5,8-9,11-17H2,1-2H3,(H,77,78);1H2/t25-,26?,27?,28?,29?,30?,31?,32?,34+,35-,36-,37-,38-,39-,40-,41?,42?,43?,44?,45?,46?,49+,50-,51-,52-,53-,54-,55+,56+,57+,58+,59+,60+,61-;/m1./s1. The summed E-state index contributed by atoms with van der Waals surface area (Å²) in [4.78, 5) is 11.4. The Balaban J connectivity index is 0.0000122. The molecule has 14 bridgehead atoms. The van der Waals surface area contributed by atoms with Gasteiger partial charge in [-0.05, 0) is 134 Å². The third kappa shape index (κ3) is 19.0. The molecule has 45 heteroatoms. The zero-order valence-electron chi connectivity index (χ0n) is 56.3. The average Bonchev–Trinajstić information content (AvgIpc) is 1.24. The highest BCUT2D eigenvalue weighted by Gasteiger charge is 2.59. The van der Waals surface area contributed by atoms with Crippen molar-refractivity contribution in [1.82, 2.24) is 15.0 Å². The molecule has 34 atom stereocenters. The first kappa shape index (κ1) is 87.6. The number of aliphatic carboxylic acids is 1. The van der Waals surface area contributed by atoms with Crippen LogP contribution in [0.4, 0.5) is 0 Å². The molecule has 606 valence electrons. The van der Waals surface area contributed by atoms with E-state index in [1.54, 1.807) is 44.3 Å². The maximum Gasteiger partial charge on any atom is 0.307 e.